The van der Waals surface area contributed by atoms with Gasteiger partial charge in [-0.15, -0.1) is 0 Å². The largest absolute Gasteiger partial charge is 0.304 e. The molecule has 0 bridgehead atoms. The second-order valence-electron chi connectivity index (χ2n) is 5.43. The van der Waals surface area contributed by atoms with Crippen molar-refractivity contribution < 1.29 is 8.42 Å². The van der Waals surface area contributed by atoms with Crippen molar-refractivity contribution >= 4 is 21.6 Å². The third-order valence-electron chi connectivity index (χ3n) is 3.90. The number of nitrogens with zero attached hydrogens (tertiary/aromatic N) is 2. The van der Waals surface area contributed by atoms with Crippen molar-refractivity contribution in [3.8, 4) is 6.07 Å². The SMILES string of the molecule is CC1CC(NS(=O)(=O)c2ccc(C#N)c(Cl)c2)CCN1C. The van der Waals surface area contributed by atoms with Crippen molar-refractivity contribution in [2.24, 2.45) is 0 Å². The van der Waals surface area contributed by atoms with Crippen LogP contribution in [0.25, 0.3) is 0 Å². The first-order valence-corrected chi connectivity index (χ1v) is 8.62. The minimum Gasteiger partial charge on any atom is -0.304 e. The number of hydrogen-bond acceptors (Lipinski definition) is 4. The number of halogens is 1. The van der Waals surface area contributed by atoms with E-state index in [-0.39, 0.29) is 21.5 Å². The Balaban J connectivity index is 2.16. The summed E-state index contributed by atoms with van der Waals surface area (Å²) in [6.45, 7) is 2.95. The molecule has 0 aliphatic carbocycles. The summed E-state index contributed by atoms with van der Waals surface area (Å²) < 4.78 is 27.5. The molecule has 1 N–H and O–H groups in total. The Labute approximate surface area is 130 Å². The maximum Gasteiger partial charge on any atom is 0.240 e. The quantitative estimate of drug-likeness (QED) is 0.921. The molecule has 1 aromatic carbocycles. The number of nitriles is 1. The summed E-state index contributed by atoms with van der Waals surface area (Å²) in [7, 11) is -1.57. The van der Waals surface area contributed by atoms with E-state index in [0.29, 0.717) is 6.04 Å². The second-order valence-corrected chi connectivity index (χ2v) is 7.55. The summed E-state index contributed by atoms with van der Waals surface area (Å²) in [5.41, 5.74) is 0.267. The Kier molecular flexibility index (Phi) is 4.89. The highest BCUT2D eigenvalue weighted by Gasteiger charge is 2.27. The van der Waals surface area contributed by atoms with Crippen molar-refractivity contribution in [1.82, 2.24) is 9.62 Å². The minimum atomic E-state index is -3.61. The molecular weight excluding hydrogens is 310 g/mol. The summed E-state index contributed by atoms with van der Waals surface area (Å²) in [5.74, 6) is 0. The van der Waals surface area contributed by atoms with Gasteiger partial charge in [-0.1, -0.05) is 11.6 Å². The average molecular weight is 328 g/mol. The lowest BCUT2D eigenvalue weighted by atomic mass is 10.0. The average Bonchev–Trinajstić information content (AvgIpc) is 2.42. The Morgan fingerprint density at radius 2 is 2.19 bits per heavy atom. The maximum absolute atomic E-state index is 12.4. The Hall–Kier alpha value is -1.13. The Bertz CT molecular complexity index is 669. The lowest BCUT2D eigenvalue weighted by Gasteiger charge is -2.35. The van der Waals surface area contributed by atoms with E-state index in [4.69, 9.17) is 16.9 Å². The van der Waals surface area contributed by atoms with E-state index in [0.717, 1.165) is 19.4 Å². The molecular formula is C14H18ClN3O2S. The standard InChI is InChI=1S/C14H18ClN3O2S/c1-10-7-12(5-6-18(10)2)17-21(19,20)13-4-3-11(9-16)14(15)8-13/h3-4,8,10,12,17H,5-7H2,1-2H3. The van der Waals surface area contributed by atoms with Gasteiger partial charge in [-0.05, 0) is 51.6 Å². The van der Waals surface area contributed by atoms with E-state index in [2.05, 4.69) is 16.5 Å². The Morgan fingerprint density at radius 3 is 2.76 bits per heavy atom. The molecule has 7 heteroatoms. The van der Waals surface area contributed by atoms with Crippen LogP contribution >= 0.6 is 11.6 Å². The third-order valence-corrected chi connectivity index (χ3v) is 5.73. The lowest BCUT2D eigenvalue weighted by Crippen LogP contribution is -2.47. The van der Waals surface area contributed by atoms with E-state index in [1.807, 2.05) is 13.1 Å². The zero-order chi connectivity index (χ0) is 15.6. The summed E-state index contributed by atoms with van der Waals surface area (Å²) in [6.07, 6.45) is 1.56. The van der Waals surface area contributed by atoms with Gasteiger partial charge in [-0.25, -0.2) is 13.1 Å². The fourth-order valence-electron chi connectivity index (χ4n) is 2.44. The predicted octanol–water partition coefficient (Wildman–Crippen LogP) is 1.97. The number of rotatable bonds is 3. The first-order valence-electron chi connectivity index (χ1n) is 6.75. The molecule has 0 aromatic heterocycles. The number of piperidine rings is 1. The number of hydrogen-bond donors (Lipinski definition) is 1. The normalized spacial score (nSPS) is 23.7. The van der Waals surface area contributed by atoms with Crippen LogP contribution in [0.1, 0.15) is 25.3 Å². The molecule has 2 unspecified atom stereocenters. The van der Waals surface area contributed by atoms with Crippen molar-refractivity contribution in [3.05, 3.63) is 28.8 Å². The molecule has 1 aliphatic heterocycles. The van der Waals surface area contributed by atoms with E-state index in [9.17, 15) is 8.42 Å². The number of sulfonamides is 1. The maximum atomic E-state index is 12.4. The van der Waals surface area contributed by atoms with Crippen LogP contribution in [-0.4, -0.2) is 39.0 Å². The van der Waals surface area contributed by atoms with Gasteiger partial charge in [0.2, 0.25) is 10.0 Å². The van der Waals surface area contributed by atoms with Gasteiger partial charge in [0.1, 0.15) is 6.07 Å². The molecule has 2 rings (SSSR count). The van der Waals surface area contributed by atoms with Gasteiger partial charge >= 0.3 is 0 Å². The van der Waals surface area contributed by atoms with Crippen LogP contribution < -0.4 is 4.72 Å². The van der Waals surface area contributed by atoms with Gasteiger partial charge in [0.05, 0.1) is 15.5 Å². The first kappa shape index (κ1) is 16.2. The van der Waals surface area contributed by atoms with Gasteiger partial charge < -0.3 is 4.90 Å². The lowest BCUT2D eigenvalue weighted by molar-refractivity contribution is 0.178. The molecule has 1 aliphatic rings. The number of likely N-dealkylation sites (tertiary alicyclic amines) is 1. The van der Waals surface area contributed by atoms with Gasteiger partial charge in [-0.3, -0.25) is 0 Å². The summed E-state index contributed by atoms with van der Waals surface area (Å²) in [5, 5.41) is 8.97. The van der Waals surface area contributed by atoms with Crippen LogP contribution in [0.4, 0.5) is 0 Å². The fourth-order valence-corrected chi connectivity index (χ4v) is 4.03. The molecule has 21 heavy (non-hydrogen) atoms. The highest BCUT2D eigenvalue weighted by molar-refractivity contribution is 7.89. The van der Waals surface area contributed by atoms with Crippen LogP contribution in [-0.2, 0) is 10.0 Å². The first-order chi connectivity index (χ1) is 9.83. The van der Waals surface area contributed by atoms with E-state index >= 15 is 0 Å². The molecule has 2 atom stereocenters. The van der Waals surface area contributed by atoms with Crippen LogP contribution in [0.3, 0.4) is 0 Å². The highest BCUT2D eigenvalue weighted by Crippen LogP contribution is 2.22. The van der Waals surface area contributed by atoms with Crippen LogP contribution in [0.2, 0.25) is 5.02 Å². The van der Waals surface area contributed by atoms with Gasteiger partial charge in [0.15, 0.2) is 0 Å². The molecule has 0 saturated carbocycles. The van der Waals surface area contributed by atoms with E-state index < -0.39 is 10.0 Å². The summed E-state index contributed by atoms with van der Waals surface area (Å²) in [4.78, 5) is 2.31. The van der Waals surface area contributed by atoms with Crippen LogP contribution in [0.5, 0.6) is 0 Å². The van der Waals surface area contributed by atoms with Crippen LogP contribution in [0.15, 0.2) is 23.1 Å². The van der Waals surface area contributed by atoms with Crippen molar-refractivity contribution in [1.29, 1.82) is 5.26 Å². The molecule has 1 saturated heterocycles. The molecule has 5 nitrogen and oxygen atoms in total. The van der Waals surface area contributed by atoms with E-state index in [1.54, 1.807) is 0 Å². The highest BCUT2D eigenvalue weighted by atomic mass is 35.5. The summed E-state index contributed by atoms with van der Waals surface area (Å²) in [6, 6.07) is 6.34. The topological polar surface area (TPSA) is 73.2 Å². The molecule has 114 valence electrons. The minimum absolute atomic E-state index is 0.0735. The molecule has 0 spiro atoms. The van der Waals surface area contributed by atoms with Gasteiger partial charge in [0, 0.05) is 12.1 Å². The van der Waals surface area contributed by atoms with Crippen molar-refractivity contribution in [2.45, 2.75) is 36.7 Å². The Morgan fingerprint density at radius 1 is 1.48 bits per heavy atom. The fraction of sp³-hybridized carbons (Fsp3) is 0.500. The van der Waals surface area contributed by atoms with E-state index in [1.165, 1.54) is 18.2 Å². The molecule has 1 fully saturated rings. The number of benzene rings is 1. The molecule has 0 radical (unpaired) electrons. The smallest absolute Gasteiger partial charge is 0.240 e. The summed E-state index contributed by atoms with van der Waals surface area (Å²) >= 11 is 5.90. The molecule has 0 amide bonds. The van der Waals surface area contributed by atoms with Crippen LogP contribution in [0, 0.1) is 11.3 Å². The molecule has 1 heterocycles. The number of nitrogens with one attached hydrogen (secondary N) is 1. The van der Waals surface area contributed by atoms with Gasteiger partial charge in [0.25, 0.3) is 0 Å². The van der Waals surface area contributed by atoms with Gasteiger partial charge in [-0.2, -0.15) is 5.26 Å². The van der Waals surface area contributed by atoms with Crippen molar-refractivity contribution in [2.75, 3.05) is 13.6 Å². The zero-order valence-corrected chi connectivity index (χ0v) is 13.6. The zero-order valence-electron chi connectivity index (χ0n) is 12.0. The monoisotopic (exact) mass is 327 g/mol. The second kappa shape index (κ2) is 6.32. The molecule has 1 aromatic rings. The third kappa shape index (κ3) is 3.74. The van der Waals surface area contributed by atoms with Crippen molar-refractivity contribution in [3.63, 3.8) is 0 Å². The predicted molar refractivity (Wildman–Crippen MR) is 81.6 cm³/mol.